The molecule has 160 valence electrons. The first kappa shape index (κ1) is 21.4. The second-order valence-electron chi connectivity index (χ2n) is 8.39. The van der Waals surface area contributed by atoms with E-state index in [0.29, 0.717) is 38.0 Å². The van der Waals surface area contributed by atoms with Crippen molar-refractivity contribution in [3.63, 3.8) is 0 Å². The van der Waals surface area contributed by atoms with Crippen molar-refractivity contribution in [2.24, 2.45) is 0 Å². The highest BCUT2D eigenvalue weighted by atomic mass is 32.2. The number of fused-ring (bicyclic) bond motifs is 1. The second kappa shape index (κ2) is 8.22. The first-order valence-electron chi connectivity index (χ1n) is 9.94. The number of hydrogen-bond donors (Lipinski definition) is 1. The van der Waals surface area contributed by atoms with E-state index in [1.54, 1.807) is 26.8 Å². The van der Waals surface area contributed by atoms with Gasteiger partial charge in [0.25, 0.3) is 0 Å². The third-order valence-electron chi connectivity index (χ3n) is 5.02. The van der Waals surface area contributed by atoms with Crippen LogP contribution in [0.4, 0.5) is 10.5 Å². The number of carbonyl (C=O) groups is 2. The quantitative estimate of drug-likeness (QED) is 0.780. The Morgan fingerprint density at radius 2 is 1.93 bits per heavy atom. The van der Waals surface area contributed by atoms with E-state index in [2.05, 4.69) is 5.32 Å². The van der Waals surface area contributed by atoms with Crippen molar-refractivity contribution in [1.82, 2.24) is 10.2 Å². The Labute approximate surface area is 172 Å². The summed E-state index contributed by atoms with van der Waals surface area (Å²) in [5.74, 6) is -0.531. The lowest BCUT2D eigenvalue weighted by atomic mass is 10.2. The van der Waals surface area contributed by atoms with Crippen LogP contribution in [0.25, 0.3) is 0 Å². The molecule has 2 amide bonds. The largest absolute Gasteiger partial charge is 0.444 e. The van der Waals surface area contributed by atoms with Gasteiger partial charge in [0.2, 0.25) is 15.9 Å². The van der Waals surface area contributed by atoms with E-state index in [4.69, 9.17) is 4.74 Å². The van der Waals surface area contributed by atoms with E-state index in [1.165, 1.54) is 9.21 Å². The van der Waals surface area contributed by atoms with Gasteiger partial charge in [0.1, 0.15) is 11.6 Å². The zero-order valence-corrected chi connectivity index (χ0v) is 18.0. The maximum atomic E-state index is 12.7. The molecular formula is C20H29N3O5S. The van der Waals surface area contributed by atoms with Crippen LogP contribution in [-0.4, -0.2) is 62.3 Å². The Balaban J connectivity index is 1.55. The average Bonchev–Trinajstić information content (AvgIpc) is 3.27. The van der Waals surface area contributed by atoms with E-state index in [-0.39, 0.29) is 18.2 Å². The number of hydrogen-bond acceptors (Lipinski definition) is 5. The number of ether oxygens (including phenoxy) is 1. The summed E-state index contributed by atoms with van der Waals surface area (Å²) >= 11 is 0. The highest BCUT2D eigenvalue weighted by molar-refractivity contribution is 7.92. The van der Waals surface area contributed by atoms with Gasteiger partial charge in [0.05, 0.1) is 11.4 Å². The summed E-state index contributed by atoms with van der Waals surface area (Å²) in [6.45, 7) is 6.20. The van der Waals surface area contributed by atoms with Crippen LogP contribution < -0.4 is 9.62 Å². The minimum absolute atomic E-state index is 0.00150. The highest BCUT2D eigenvalue weighted by Gasteiger charge is 2.37. The molecule has 0 unspecified atom stereocenters. The van der Waals surface area contributed by atoms with Crippen LogP contribution in [0, 0.1) is 0 Å². The number of nitrogens with one attached hydrogen (secondary N) is 1. The van der Waals surface area contributed by atoms with Crippen molar-refractivity contribution < 1.29 is 22.7 Å². The van der Waals surface area contributed by atoms with Gasteiger partial charge in [-0.3, -0.25) is 14.0 Å². The molecule has 1 aromatic rings. The molecule has 8 nitrogen and oxygen atoms in total. The van der Waals surface area contributed by atoms with Crippen LogP contribution in [0.2, 0.25) is 0 Å². The fourth-order valence-electron chi connectivity index (χ4n) is 3.71. The number of anilines is 1. The molecule has 0 bridgehead atoms. The topological polar surface area (TPSA) is 96.0 Å². The van der Waals surface area contributed by atoms with E-state index >= 15 is 0 Å². The number of likely N-dealkylation sites (tertiary alicyclic amines) is 1. The second-order valence-corrected chi connectivity index (χ2v) is 10.4. The molecule has 2 aliphatic heterocycles. The molecule has 9 heteroatoms. The molecule has 0 aromatic heterocycles. The van der Waals surface area contributed by atoms with Crippen LogP contribution in [-0.2, 0) is 26.0 Å². The number of benzene rings is 1. The predicted molar refractivity (Wildman–Crippen MR) is 110 cm³/mol. The van der Waals surface area contributed by atoms with Gasteiger partial charge in [-0.2, -0.15) is 0 Å². The van der Waals surface area contributed by atoms with Gasteiger partial charge in [-0.05, 0) is 51.7 Å². The molecule has 0 saturated carbocycles. The van der Waals surface area contributed by atoms with Crippen molar-refractivity contribution in [3.8, 4) is 0 Å². The lowest BCUT2D eigenvalue weighted by molar-refractivity contribution is -0.125. The molecule has 0 aliphatic carbocycles. The normalized spacial score (nSPS) is 19.2. The number of carbonyl (C=O) groups excluding carboxylic acids is 2. The van der Waals surface area contributed by atoms with E-state index in [1.807, 2.05) is 18.2 Å². The fraction of sp³-hybridized carbons (Fsp3) is 0.600. The number of amides is 2. The summed E-state index contributed by atoms with van der Waals surface area (Å²) in [5.41, 5.74) is 1.09. The van der Waals surface area contributed by atoms with Crippen LogP contribution in [0.15, 0.2) is 24.3 Å². The molecule has 0 radical (unpaired) electrons. The third kappa shape index (κ3) is 5.01. The molecule has 1 saturated heterocycles. The van der Waals surface area contributed by atoms with E-state index < -0.39 is 27.8 Å². The maximum Gasteiger partial charge on any atom is 0.410 e. The van der Waals surface area contributed by atoms with Crippen molar-refractivity contribution in [3.05, 3.63) is 29.8 Å². The lowest BCUT2D eigenvalue weighted by Gasteiger charge is -2.28. The minimum atomic E-state index is -3.53. The zero-order chi connectivity index (χ0) is 21.2. The van der Waals surface area contributed by atoms with Crippen molar-refractivity contribution in [1.29, 1.82) is 0 Å². The maximum absolute atomic E-state index is 12.7. The summed E-state index contributed by atoms with van der Waals surface area (Å²) in [6, 6.07) is 6.82. The van der Waals surface area contributed by atoms with Gasteiger partial charge in [-0.1, -0.05) is 18.2 Å². The molecule has 2 aliphatic rings. The summed E-state index contributed by atoms with van der Waals surface area (Å²) in [4.78, 5) is 26.3. The molecule has 1 N–H and O–H groups in total. The van der Waals surface area contributed by atoms with Crippen LogP contribution in [0.3, 0.4) is 0 Å². The Morgan fingerprint density at radius 1 is 1.21 bits per heavy atom. The third-order valence-corrected chi connectivity index (χ3v) is 6.79. The van der Waals surface area contributed by atoms with Crippen molar-refractivity contribution >= 4 is 27.7 Å². The Morgan fingerprint density at radius 3 is 2.66 bits per heavy atom. The Bertz CT molecular complexity index is 878. The van der Waals surface area contributed by atoms with Crippen LogP contribution in [0.1, 0.15) is 39.2 Å². The number of para-hydroxylation sites is 1. The van der Waals surface area contributed by atoms with Crippen molar-refractivity contribution in [2.45, 2.75) is 51.7 Å². The van der Waals surface area contributed by atoms with E-state index in [0.717, 1.165) is 5.56 Å². The SMILES string of the molecule is CC(C)(C)OC(=O)N1CCC[C@H]1C(=O)NCCS(=O)(=O)N1CCc2ccccc21. The van der Waals surface area contributed by atoms with Gasteiger partial charge < -0.3 is 10.1 Å². The summed E-state index contributed by atoms with van der Waals surface area (Å²) in [7, 11) is -3.53. The highest BCUT2D eigenvalue weighted by Crippen LogP contribution is 2.29. The minimum Gasteiger partial charge on any atom is -0.444 e. The van der Waals surface area contributed by atoms with Gasteiger partial charge in [-0.15, -0.1) is 0 Å². The fourth-order valence-corrected chi connectivity index (χ4v) is 5.13. The first-order valence-corrected chi connectivity index (χ1v) is 11.5. The lowest BCUT2D eigenvalue weighted by Crippen LogP contribution is -2.48. The Kier molecular flexibility index (Phi) is 6.07. The molecule has 3 rings (SSSR count). The first-order chi connectivity index (χ1) is 13.6. The Hall–Kier alpha value is -2.29. The number of nitrogens with zero attached hydrogens (tertiary/aromatic N) is 2. The van der Waals surface area contributed by atoms with Crippen LogP contribution in [0.5, 0.6) is 0 Å². The van der Waals surface area contributed by atoms with Crippen molar-refractivity contribution in [2.75, 3.05) is 29.7 Å². The summed E-state index contributed by atoms with van der Waals surface area (Å²) in [5, 5.41) is 2.68. The molecule has 1 fully saturated rings. The number of sulfonamides is 1. The summed E-state index contributed by atoms with van der Waals surface area (Å²) < 4.78 is 32.2. The standard InChI is InChI=1S/C20H29N3O5S/c1-20(2,3)28-19(25)22-12-6-9-17(22)18(24)21-11-14-29(26,27)23-13-10-15-7-4-5-8-16(15)23/h4-5,7-8,17H,6,9-14H2,1-3H3,(H,21,24)/t17-/m0/s1. The molecule has 1 atom stereocenters. The van der Waals surface area contributed by atoms with Gasteiger partial charge in [0.15, 0.2) is 0 Å². The van der Waals surface area contributed by atoms with Gasteiger partial charge in [-0.25, -0.2) is 13.2 Å². The molecule has 0 spiro atoms. The average molecular weight is 424 g/mol. The zero-order valence-electron chi connectivity index (χ0n) is 17.2. The summed E-state index contributed by atoms with van der Waals surface area (Å²) in [6.07, 6.45) is 1.42. The predicted octanol–water partition coefficient (Wildman–Crippen LogP) is 1.89. The number of rotatable bonds is 5. The molecule has 1 aromatic carbocycles. The van der Waals surface area contributed by atoms with E-state index in [9.17, 15) is 18.0 Å². The smallest absolute Gasteiger partial charge is 0.410 e. The van der Waals surface area contributed by atoms with Gasteiger partial charge in [0, 0.05) is 19.6 Å². The molecular weight excluding hydrogens is 394 g/mol. The molecule has 2 heterocycles. The monoisotopic (exact) mass is 423 g/mol. The van der Waals surface area contributed by atoms with Crippen LogP contribution >= 0.6 is 0 Å². The molecule has 29 heavy (non-hydrogen) atoms. The van der Waals surface area contributed by atoms with Gasteiger partial charge >= 0.3 is 6.09 Å².